The lowest BCUT2D eigenvalue weighted by Gasteiger charge is -2.61. The van der Waals surface area contributed by atoms with E-state index in [1.807, 2.05) is 25.1 Å². The molecule has 0 bridgehead atoms. The first-order chi connectivity index (χ1) is 27.9. The molecule has 9 rings (SSSR count). The molecule has 8 aliphatic carbocycles. The normalized spacial score (nSPS) is 47.1. The number of terminal acetylenes is 2. The minimum absolute atomic E-state index is 0. The van der Waals surface area contributed by atoms with Crippen LogP contribution in [0.15, 0.2) is 15.7 Å². The molecule has 338 valence electrons. The van der Waals surface area contributed by atoms with Gasteiger partial charge in [0.25, 0.3) is 0 Å². The summed E-state index contributed by atoms with van der Waals surface area (Å²) < 4.78 is 5.34. The quantitative estimate of drug-likeness (QED) is 0.0884. The minimum Gasteiger partial charge on any atom is -0.411 e. The number of aromatic nitrogens is 1. The molecule has 0 aliphatic heterocycles. The standard InChI is InChI=1S/C24H37NO3.C21H35NO2.C3H4O.C3H4.CH4/c1-22(27)10-11-23(2)15(13-22)4-5-17-18-6-7-20(21-12-16(14-26)28-25-21)24(18,3)9-8-19(17)23;1-19(23)10-11-21(3)14(12-19)4-6-16-17-7-5-15(13-22-24)20(17,2)9-8-18(16)21;1-2-3-4;1-3-2;/h12,15,17-20,26-27H,4-11,13-14H2,1-3H3;13-18,23-24H,4-12H2,1-3H3;1,4H,3H2;1H,2H3;1H4/b;22-13+;;;/t15-,17+,18+,19+,20-,22-,23+,24+;14-,15-,16+,17+,18+,19-,20-,21+;;;/m11.../s1. The van der Waals surface area contributed by atoms with E-state index in [2.05, 4.69) is 63.7 Å². The zero-order valence-electron chi connectivity index (χ0n) is 37.8. The van der Waals surface area contributed by atoms with E-state index < -0.39 is 11.2 Å². The molecule has 0 unspecified atom stereocenters. The van der Waals surface area contributed by atoms with Crippen LogP contribution in [0.3, 0.4) is 0 Å². The first kappa shape index (κ1) is 48.7. The van der Waals surface area contributed by atoms with Crippen molar-refractivity contribution in [1.29, 1.82) is 0 Å². The Balaban J connectivity index is 0.000000196. The summed E-state index contributed by atoms with van der Waals surface area (Å²) in [6, 6.07) is 1.99. The number of hydrogen-bond donors (Lipinski definition) is 5. The average Bonchev–Trinajstić information content (AvgIpc) is 3.91. The van der Waals surface area contributed by atoms with Crippen molar-refractivity contribution in [3.63, 3.8) is 0 Å². The molecule has 16 atom stereocenters. The van der Waals surface area contributed by atoms with Gasteiger partial charge in [0.2, 0.25) is 0 Å². The maximum atomic E-state index is 10.7. The van der Waals surface area contributed by atoms with Gasteiger partial charge in [0, 0.05) is 24.1 Å². The lowest BCUT2D eigenvalue weighted by molar-refractivity contribution is -0.143. The smallest absolute Gasteiger partial charge is 0.162 e. The molecular weight excluding hydrogens is 749 g/mol. The summed E-state index contributed by atoms with van der Waals surface area (Å²) in [5, 5.41) is 55.0. The molecule has 0 saturated heterocycles. The molecule has 0 spiro atoms. The van der Waals surface area contributed by atoms with E-state index in [1.54, 1.807) is 6.92 Å². The highest BCUT2D eigenvalue weighted by molar-refractivity contribution is 5.62. The molecule has 1 aromatic heterocycles. The third-order valence-electron chi connectivity index (χ3n) is 19.4. The van der Waals surface area contributed by atoms with E-state index >= 15 is 0 Å². The highest BCUT2D eigenvalue weighted by atomic mass is 16.5. The second kappa shape index (κ2) is 18.8. The number of fused-ring (bicyclic) bond motifs is 10. The van der Waals surface area contributed by atoms with Gasteiger partial charge in [-0.1, -0.05) is 46.2 Å². The van der Waals surface area contributed by atoms with Crippen molar-refractivity contribution in [2.24, 2.45) is 80.1 Å². The highest BCUT2D eigenvalue weighted by Gasteiger charge is 2.63. The molecule has 8 heteroatoms. The van der Waals surface area contributed by atoms with Gasteiger partial charge in [-0.15, -0.1) is 23.9 Å². The molecule has 8 fully saturated rings. The van der Waals surface area contributed by atoms with E-state index in [1.165, 1.54) is 89.9 Å². The topological polar surface area (TPSA) is 140 Å². The fraction of sp³-hybridized carbons (Fsp3) is 0.846. The summed E-state index contributed by atoms with van der Waals surface area (Å²) in [5.74, 6) is 12.1. The van der Waals surface area contributed by atoms with E-state index in [0.29, 0.717) is 51.1 Å². The first-order valence-corrected chi connectivity index (χ1v) is 23.5. The second-order valence-electron chi connectivity index (χ2n) is 22.4. The SMILES string of the molecule is C.C#CC.C#CCO.C[C@@]1(O)CC[C@@]2(C)[C@H](CC[C@@H]3[C@@H]2CC[C@]2(C)[C@@H](/C=N/O)CC[C@@H]32)C1.C[C@@]1(O)CC[C@@]2(C)[C@H](CC[C@@H]3[C@@H]2CC[C@]2(C)[C@@H](c4cc(CO)on4)CC[C@@H]32)C1. The van der Waals surface area contributed by atoms with Gasteiger partial charge in [0.1, 0.15) is 13.2 Å². The Kier molecular flexibility index (Phi) is 15.2. The van der Waals surface area contributed by atoms with Crippen molar-refractivity contribution in [2.45, 2.75) is 195 Å². The van der Waals surface area contributed by atoms with Gasteiger partial charge in [-0.2, -0.15) is 0 Å². The summed E-state index contributed by atoms with van der Waals surface area (Å²) in [6.07, 6.45) is 32.9. The number of hydrogen-bond acceptors (Lipinski definition) is 8. The summed E-state index contributed by atoms with van der Waals surface area (Å²) in [5.41, 5.74) is 1.70. The Hall–Kier alpha value is -2.36. The molecule has 8 nitrogen and oxygen atoms in total. The lowest BCUT2D eigenvalue weighted by atomic mass is 9.44. The predicted molar refractivity (Wildman–Crippen MR) is 241 cm³/mol. The minimum atomic E-state index is -0.448. The highest BCUT2D eigenvalue weighted by Crippen LogP contribution is 2.70. The van der Waals surface area contributed by atoms with Crippen LogP contribution in [-0.4, -0.2) is 54.8 Å². The summed E-state index contributed by atoms with van der Waals surface area (Å²) in [4.78, 5) is 0. The fourth-order valence-corrected chi connectivity index (χ4v) is 16.3. The molecular formula is C52H84N2O6. The van der Waals surface area contributed by atoms with Crippen LogP contribution in [0.25, 0.3) is 0 Å². The van der Waals surface area contributed by atoms with Gasteiger partial charge < -0.3 is 30.2 Å². The average molecular weight is 833 g/mol. The van der Waals surface area contributed by atoms with Gasteiger partial charge in [-0.3, -0.25) is 0 Å². The summed E-state index contributed by atoms with van der Waals surface area (Å²) in [7, 11) is 0. The number of aliphatic hydroxyl groups is 4. The molecule has 1 heterocycles. The van der Waals surface area contributed by atoms with Crippen molar-refractivity contribution >= 4 is 6.21 Å². The van der Waals surface area contributed by atoms with E-state index in [9.17, 15) is 15.3 Å². The van der Waals surface area contributed by atoms with Gasteiger partial charge in [0.05, 0.1) is 16.9 Å². The van der Waals surface area contributed by atoms with Crippen molar-refractivity contribution in [3.05, 3.63) is 17.5 Å². The van der Waals surface area contributed by atoms with Crippen molar-refractivity contribution in [3.8, 4) is 24.7 Å². The Bertz CT molecular complexity index is 1690. The molecule has 5 N–H and O–H groups in total. The van der Waals surface area contributed by atoms with E-state index in [0.717, 1.165) is 66.9 Å². The summed E-state index contributed by atoms with van der Waals surface area (Å²) in [6.45, 7) is 15.6. The van der Waals surface area contributed by atoms with Gasteiger partial charge in [-0.25, -0.2) is 0 Å². The molecule has 0 aromatic carbocycles. The second-order valence-corrected chi connectivity index (χ2v) is 22.4. The zero-order chi connectivity index (χ0) is 43.0. The van der Waals surface area contributed by atoms with Crippen LogP contribution >= 0.6 is 0 Å². The van der Waals surface area contributed by atoms with E-state index in [4.69, 9.17) is 14.8 Å². The number of aliphatic hydroxyl groups excluding tert-OH is 2. The van der Waals surface area contributed by atoms with Gasteiger partial charge >= 0.3 is 0 Å². The molecule has 8 aliphatic rings. The maximum absolute atomic E-state index is 10.7. The third-order valence-corrected chi connectivity index (χ3v) is 19.4. The van der Waals surface area contributed by atoms with Crippen LogP contribution in [0.1, 0.15) is 189 Å². The Labute approximate surface area is 364 Å². The molecule has 0 amide bonds. The molecule has 0 radical (unpaired) electrons. The van der Waals surface area contributed by atoms with Crippen LogP contribution in [0.2, 0.25) is 0 Å². The van der Waals surface area contributed by atoms with Crippen LogP contribution < -0.4 is 0 Å². The van der Waals surface area contributed by atoms with Crippen LogP contribution in [-0.2, 0) is 6.61 Å². The number of nitrogens with zero attached hydrogens (tertiary/aromatic N) is 2. The maximum Gasteiger partial charge on any atom is 0.162 e. The van der Waals surface area contributed by atoms with Crippen LogP contribution in [0.5, 0.6) is 0 Å². The number of rotatable bonds is 3. The molecule has 8 saturated carbocycles. The van der Waals surface area contributed by atoms with Crippen molar-refractivity contribution in [1.82, 2.24) is 5.16 Å². The monoisotopic (exact) mass is 833 g/mol. The lowest BCUT2D eigenvalue weighted by Crippen LogP contribution is -2.55. The Morgan fingerprint density at radius 3 is 1.63 bits per heavy atom. The molecule has 1 aromatic rings. The van der Waals surface area contributed by atoms with Gasteiger partial charge in [0.15, 0.2) is 5.76 Å². The Morgan fingerprint density at radius 1 is 0.700 bits per heavy atom. The fourth-order valence-electron chi connectivity index (χ4n) is 16.3. The van der Waals surface area contributed by atoms with Crippen molar-refractivity contribution < 1.29 is 30.2 Å². The Morgan fingerprint density at radius 2 is 1.17 bits per heavy atom. The van der Waals surface area contributed by atoms with Crippen LogP contribution in [0.4, 0.5) is 0 Å². The predicted octanol–water partition coefficient (Wildman–Crippen LogP) is 10.8. The number of oxime groups is 1. The third kappa shape index (κ3) is 8.90. The van der Waals surface area contributed by atoms with Gasteiger partial charge in [-0.05, 0) is 205 Å². The van der Waals surface area contributed by atoms with Crippen LogP contribution in [0, 0.1) is 99.6 Å². The van der Waals surface area contributed by atoms with Crippen molar-refractivity contribution in [2.75, 3.05) is 6.61 Å². The molecule has 60 heavy (non-hydrogen) atoms. The summed E-state index contributed by atoms with van der Waals surface area (Å²) >= 11 is 0. The van der Waals surface area contributed by atoms with E-state index in [-0.39, 0.29) is 20.6 Å². The zero-order valence-corrected chi connectivity index (χ0v) is 37.8. The first-order valence-electron chi connectivity index (χ1n) is 23.5. The largest absolute Gasteiger partial charge is 0.411 e.